The van der Waals surface area contributed by atoms with E-state index >= 15 is 0 Å². The highest BCUT2D eigenvalue weighted by molar-refractivity contribution is 7.09. The predicted octanol–water partition coefficient (Wildman–Crippen LogP) is 1.70. The first-order chi connectivity index (χ1) is 7.25. The van der Waals surface area contributed by atoms with Gasteiger partial charge in [0.05, 0.1) is 0 Å². The number of carbonyl (C=O) groups is 1. The molecule has 1 saturated carbocycles. The molecule has 1 amide bonds. The molecule has 5 heteroatoms. The number of hydrogen-bond acceptors (Lipinski definition) is 4. The van der Waals surface area contributed by atoms with Crippen molar-refractivity contribution in [1.29, 1.82) is 0 Å². The molecule has 4 nitrogen and oxygen atoms in total. The van der Waals surface area contributed by atoms with Crippen LogP contribution >= 0.6 is 11.3 Å². The molecule has 1 aromatic heterocycles. The fraction of sp³-hybridized carbons (Fsp3) is 0.700. The van der Waals surface area contributed by atoms with Crippen molar-refractivity contribution in [1.82, 2.24) is 15.5 Å². The molecule has 0 saturated heterocycles. The molecule has 0 spiro atoms. The van der Waals surface area contributed by atoms with E-state index < -0.39 is 0 Å². The summed E-state index contributed by atoms with van der Waals surface area (Å²) in [6.45, 7) is 1.58. The number of carbonyl (C=O) groups excluding carboxylic acids is 1. The van der Waals surface area contributed by atoms with Crippen molar-refractivity contribution in [3.05, 3.63) is 10.5 Å². The van der Waals surface area contributed by atoms with Crippen LogP contribution in [-0.2, 0) is 4.79 Å². The fourth-order valence-corrected chi connectivity index (χ4v) is 2.86. The summed E-state index contributed by atoms with van der Waals surface area (Å²) in [5.74, 6) is 0.636. The Morgan fingerprint density at radius 2 is 2.20 bits per heavy atom. The van der Waals surface area contributed by atoms with Crippen LogP contribution in [-0.4, -0.2) is 22.1 Å². The van der Waals surface area contributed by atoms with Crippen LogP contribution in [0, 0.1) is 0 Å². The average molecular weight is 225 g/mol. The first-order valence-electron chi connectivity index (χ1n) is 5.29. The van der Waals surface area contributed by atoms with E-state index in [-0.39, 0.29) is 5.91 Å². The third-order valence-corrected chi connectivity index (χ3v) is 3.72. The van der Waals surface area contributed by atoms with E-state index in [1.54, 1.807) is 23.8 Å². The Hall–Kier alpha value is -0.970. The van der Waals surface area contributed by atoms with Crippen molar-refractivity contribution in [2.45, 2.75) is 44.6 Å². The van der Waals surface area contributed by atoms with Gasteiger partial charge in [-0.1, -0.05) is 0 Å². The number of amides is 1. The van der Waals surface area contributed by atoms with E-state index in [0.717, 1.165) is 30.7 Å². The second kappa shape index (κ2) is 4.70. The van der Waals surface area contributed by atoms with Crippen molar-refractivity contribution in [3.8, 4) is 0 Å². The Kier molecular flexibility index (Phi) is 3.30. The lowest BCUT2D eigenvalue weighted by atomic mass is 9.86. The monoisotopic (exact) mass is 225 g/mol. The molecule has 0 unspecified atom stereocenters. The van der Waals surface area contributed by atoms with E-state index in [0.29, 0.717) is 12.0 Å². The standard InChI is InChI=1S/C10H15N3OS/c1-7(14)12-9-4-2-8(3-5-9)10-13-11-6-15-10/h6,8-9H,2-5H2,1H3,(H,12,14). The van der Waals surface area contributed by atoms with Crippen LogP contribution in [0.1, 0.15) is 43.5 Å². The molecule has 2 rings (SSSR count). The van der Waals surface area contributed by atoms with Crippen molar-refractivity contribution < 1.29 is 4.79 Å². The molecule has 1 heterocycles. The Bertz CT molecular complexity index is 317. The largest absolute Gasteiger partial charge is 0.354 e. The third-order valence-electron chi connectivity index (χ3n) is 2.86. The smallest absolute Gasteiger partial charge is 0.217 e. The van der Waals surface area contributed by atoms with Gasteiger partial charge in [0.2, 0.25) is 5.91 Å². The van der Waals surface area contributed by atoms with E-state index in [1.165, 1.54) is 0 Å². The Balaban J connectivity index is 1.84. The molecule has 1 N–H and O–H groups in total. The highest BCUT2D eigenvalue weighted by Crippen LogP contribution is 2.33. The van der Waals surface area contributed by atoms with Crippen LogP contribution < -0.4 is 5.32 Å². The molecule has 0 aliphatic heterocycles. The first-order valence-corrected chi connectivity index (χ1v) is 6.17. The summed E-state index contributed by atoms with van der Waals surface area (Å²) in [4.78, 5) is 10.9. The lowest BCUT2D eigenvalue weighted by molar-refractivity contribution is -0.119. The second-order valence-corrected chi connectivity index (χ2v) is 4.89. The van der Waals surface area contributed by atoms with Crippen molar-refractivity contribution in [2.24, 2.45) is 0 Å². The van der Waals surface area contributed by atoms with Gasteiger partial charge in [-0.3, -0.25) is 4.79 Å². The summed E-state index contributed by atoms with van der Waals surface area (Å²) in [6, 6.07) is 0.367. The van der Waals surface area contributed by atoms with Crippen LogP contribution in [0.3, 0.4) is 0 Å². The molecule has 82 valence electrons. The van der Waals surface area contributed by atoms with Gasteiger partial charge in [-0.2, -0.15) is 0 Å². The highest BCUT2D eigenvalue weighted by Gasteiger charge is 2.24. The van der Waals surface area contributed by atoms with E-state index in [4.69, 9.17) is 0 Å². The normalized spacial score (nSPS) is 26.2. The molecular weight excluding hydrogens is 210 g/mol. The SMILES string of the molecule is CC(=O)NC1CCC(c2nncs2)CC1. The van der Waals surface area contributed by atoms with E-state index in [1.807, 2.05) is 0 Å². The second-order valence-electron chi connectivity index (χ2n) is 4.03. The highest BCUT2D eigenvalue weighted by atomic mass is 32.1. The molecule has 0 radical (unpaired) electrons. The van der Waals surface area contributed by atoms with Gasteiger partial charge in [-0.05, 0) is 25.7 Å². The summed E-state index contributed by atoms with van der Waals surface area (Å²) in [7, 11) is 0. The van der Waals surface area contributed by atoms with Crippen molar-refractivity contribution in [2.75, 3.05) is 0 Å². The topological polar surface area (TPSA) is 54.9 Å². The van der Waals surface area contributed by atoms with Gasteiger partial charge in [0.1, 0.15) is 10.5 Å². The Labute approximate surface area is 93.1 Å². The maximum atomic E-state index is 10.9. The number of rotatable bonds is 2. The predicted molar refractivity (Wildman–Crippen MR) is 58.7 cm³/mol. The van der Waals surface area contributed by atoms with Gasteiger partial charge in [0, 0.05) is 18.9 Å². The summed E-state index contributed by atoms with van der Waals surface area (Å²) in [6.07, 6.45) is 4.34. The number of nitrogens with zero attached hydrogens (tertiary/aromatic N) is 2. The minimum atomic E-state index is 0.0781. The van der Waals surface area contributed by atoms with Gasteiger partial charge in [-0.15, -0.1) is 21.5 Å². The summed E-state index contributed by atoms with van der Waals surface area (Å²) < 4.78 is 0. The zero-order valence-corrected chi connectivity index (χ0v) is 9.59. The summed E-state index contributed by atoms with van der Waals surface area (Å²) in [5.41, 5.74) is 1.79. The zero-order valence-electron chi connectivity index (χ0n) is 8.77. The zero-order chi connectivity index (χ0) is 10.7. The summed E-state index contributed by atoms with van der Waals surface area (Å²) >= 11 is 1.64. The quantitative estimate of drug-likeness (QED) is 0.833. The van der Waals surface area contributed by atoms with Crippen LogP contribution in [0.15, 0.2) is 5.51 Å². The maximum absolute atomic E-state index is 10.9. The van der Waals surface area contributed by atoms with E-state index in [2.05, 4.69) is 15.5 Å². The van der Waals surface area contributed by atoms with Gasteiger partial charge in [-0.25, -0.2) is 0 Å². The average Bonchev–Trinajstić information content (AvgIpc) is 2.71. The van der Waals surface area contributed by atoms with Gasteiger partial charge < -0.3 is 5.32 Å². The fourth-order valence-electron chi connectivity index (χ4n) is 2.13. The first kappa shape index (κ1) is 10.5. The van der Waals surface area contributed by atoms with Crippen LogP contribution in [0.25, 0.3) is 0 Å². The van der Waals surface area contributed by atoms with Gasteiger partial charge in [0.25, 0.3) is 0 Å². The number of aromatic nitrogens is 2. The van der Waals surface area contributed by atoms with Gasteiger partial charge >= 0.3 is 0 Å². The number of nitrogens with one attached hydrogen (secondary N) is 1. The molecule has 0 atom stereocenters. The molecule has 1 fully saturated rings. The van der Waals surface area contributed by atoms with Crippen LogP contribution in [0.2, 0.25) is 0 Å². The van der Waals surface area contributed by atoms with Crippen molar-refractivity contribution in [3.63, 3.8) is 0 Å². The molecular formula is C10H15N3OS. The molecule has 0 aromatic carbocycles. The Morgan fingerprint density at radius 1 is 1.47 bits per heavy atom. The van der Waals surface area contributed by atoms with Gasteiger partial charge in [0.15, 0.2) is 0 Å². The molecule has 0 bridgehead atoms. The van der Waals surface area contributed by atoms with Crippen molar-refractivity contribution >= 4 is 17.2 Å². The van der Waals surface area contributed by atoms with E-state index in [9.17, 15) is 4.79 Å². The van der Waals surface area contributed by atoms with Crippen LogP contribution in [0.5, 0.6) is 0 Å². The Morgan fingerprint density at radius 3 is 2.73 bits per heavy atom. The molecule has 1 aromatic rings. The maximum Gasteiger partial charge on any atom is 0.217 e. The molecule has 1 aliphatic carbocycles. The molecule has 1 aliphatic rings. The minimum Gasteiger partial charge on any atom is -0.354 e. The van der Waals surface area contributed by atoms with Crippen LogP contribution in [0.4, 0.5) is 0 Å². The number of hydrogen-bond donors (Lipinski definition) is 1. The summed E-state index contributed by atoms with van der Waals surface area (Å²) in [5, 5.41) is 12.1. The lowest BCUT2D eigenvalue weighted by Gasteiger charge is -2.27. The molecule has 15 heavy (non-hydrogen) atoms. The third kappa shape index (κ3) is 2.75. The lowest BCUT2D eigenvalue weighted by Crippen LogP contribution is -2.35. The minimum absolute atomic E-state index is 0.0781.